The summed E-state index contributed by atoms with van der Waals surface area (Å²) in [7, 11) is 0. The van der Waals surface area contributed by atoms with Gasteiger partial charge in [0, 0.05) is 49.2 Å². The first kappa shape index (κ1) is 24.5. The van der Waals surface area contributed by atoms with Gasteiger partial charge in [0.15, 0.2) is 5.96 Å². The third-order valence-electron chi connectivity index (χ3n) is 3.97. The van der Waals surface area contributed by atoms with Gasteiger partial charge in [0.25, 0.3) is 0 Å². The molecule has 0 saturated heterocycles. The van der Waals surface area contributed by atoms with Crippen LogP contribution in [0.4, 0.5) is 5.69 Å². The second-order valence-corrected chi connectivity index (χ2v) is 6.85. The fourth-order valence-electron chi connectivity index (χ4n) is 2.39. The van der Waals surface area contributed by atoms with Crippen LogP contribution in [0.3, 0.4) is 0 Å². The summed E-state index contributed by atoms with van der Waals surface area (Å²) in [5, 5.41) is 12.7. The Morgan fingerprint density at radius 1 is 1.11 bits per heavy atom. The largest absolute Gasteiger partial charge is 0.357 e. The van der Waals surface area contributed by atoms with Crippen LogP contribution in [0.25, 0.3) is 0 Å². The average Bonchev–Trinajstić information content (AvgIpc) is 3.49. The fourth-order valence-corrected chi connectivity index (χ4v) is 2.51. The molecule has 4 N–H and O–H groups in total. The van der Waals surface area contributed by atoms with Crippen LogP contribution in [0.15, 0.2) is 29.3 Å². The van der Waals surface area contributed by atoms with Gasteiger partial charge in [-0.05, 0) is 50.5 Å². The molecule has 7 nitrogen and oxygen atoms in total. The predicted molar refractivity (Wildman–Crippen MR) is 124 cm³/mol. The Labute approximate surface area is 188 Å². The maximum Gasteiger partial charge on any atom is 0.224 e. The number of nitrogens with zero attached hydrogens (tertiary/aromatic N) is 1. The van der Waals surface area contributed by atoms with E-state index in [-0.39, 0.29) is 41.7 Å². The normalized spacial score (nSPS) is 13.3. The van der Waals surface area contributed by atoms with Gasteiger partial charge < -0.3 is 21.3 Å². The lowest BCUT2D eigenvalue weighted by Gasteiger charge is -2.11. The van der Waals surface area contributed by atoms with Gasteiger partial charge in [0.05, 0.1) is 0 Å². The Morgan fingerprint density at radius 3 is 2.43 bits per heavy atom. The van der Waals surface area contributed by atoms with E-state index in [1.807, 2.05) is 6.92 Å². The molecule has 0 unspecified atom stereocenters. The SMILES string of the molecule is CCNC(=NCCCC(=O)Nc1ccc(Cl)cc1)NCCNC(=O)C1CC1.I. The van der Waals surface area contributed by atoms with Crippen LogP contribution in [0, 0.1) is 5.92 Å². The molecule has 2 rings (SSSR count). The monoisotopic (exact) mass is 521 g/mol. The van der Waals surface area contributed by atoms with Crippen LogP contribution >= 0.6 is 35.6 Å². The van der Waals surface area contributed by atoms with Gasteiger partial charge in [-0.15, -0.1) is 24.0 Å². The smallest absolute Gasteiger partial charge is 0.224 e. The maximum absolute atomic E-state index is 11.9. The van der Waals surface area contributed by atoms with Crippen LogP contribution < -0.4 is 21.3 Å². The molecule has 1 aromatic carbocycles. The lowest BCUT2D eigenvalue weighted by molar-refractivity contribution is -0.122. The van der Waals surface area contributed by atoms with E-state index in [9.17, 15) is 9.59 Å². The molecule has 0 bridgehead atoms. The van der Waals surface area contributed by atoms with Crippen LogP contribution in [0.5, 0.6) is 0 Å². The molecule has 1 fully saturated rings. The quantitative estimate of drug-likeness (QED) is 0.165. The Balaban J connectivity index is 0.00000392. The van der Waals surface area contributed by atoms with Crippen molar-refractivity contribution in [2.75, 3.05) is 31.5 Å². The number of rotatable bonds is 10. The van der Waals surface area contributed by atoms with Gasteiger partial charge in [-0.25, -0.2) is 0 Å². The summed E-state index contributed by atoms with van der Waals surface area (Å²) in [5.74, 6) is 1.01. The van der Waals surface area contributed by atoms with E-state index in [1.165, 1.54) is 0 Å². The van der Waals surface area contributed by atoms with E-state index in [2.05, 4.69) is 26.3 Å². The molecular weight excluding hydrogens is 493 g/mol. The summed E-state index contributed by atoms with van der Waals surface area (Å²) in [4.78, 5) is 28.0. The summed E-state index contributed by atoms with van der Waals surface area (Å²) in [5.41, 5.74) is 0.733. The highest BCUT2D eigenvalue weighted by Gasteiger charge is 2.28. The number of nitrogens with one attached hydrogen (secondary N) is 4. The van der Waals surface area contributed by atoms with E-state index in [0.717, 1.165) is 25.1 Å². The number of benzene rings is 1. The van der Waals surface area contributed by atoms with Crippen molar-refractivity contribution in [3.05, 3.63) is 29.3 Å². The van der Waals surface area contributed by atoms with Crippen molar-refractivity contribution in [3.63, 3.8) is 0 Å². The van der Waals surface area contributed by atoms with Gasteiger partial charge in [-0.1, -0.05) is 11.6 Å². The number of guanidine groups is 1. The lowest BCUT2D eigenvalue weighted by atomic mass is 10.2. The fraction of sp³-hybridized carbons (Fsp3) is 0.526. The lowest BCUT2D eigenvalue weighted by Crippen LogP contribution is -2.41. The maximum atomic E-state index is 11.9. The number of hydrogen-bond acceptors (Lipinski definition) is 3. The van der Waals surface area contributed by atoms with E-state index in [1.54, 1.807) is 24.3 Å². The standard InChI is InChI=1S/C19H28ClN5O2.HI/c1-2-21-19(24-13-12-22-18(27)14-5-6-14)23-11-3-4-17(26)25-16-9-7-15(20)8-10-16;/h7-10,14H,2-6,11-13H2,1H3,(H,22,27)(H,25,26)(H2,21,23,24);1H. The Kier molecular flexibility index (Phi) is 11.9. The van der Waals surface area contributed by atoms with Crippen LogP contribution in [0.2, 0.25) is 5.02 Å². The molecule has 0 aliphatic heterocycles. The molecule has 0 aromatic heterocycles. The number of carbonyl (C=O) groups is 2. The summed E-state index contributed by atoms with van der Waals surface area (Å²) in [6.45, 7) is 4.46. The molecule has 2 amide bonds. The molecule has 0 heterocycles. The van der Waals surface area contributed by atoms with Crippen molar-refractivity contribution in [2.24, 2.45) is 10.9 Å². The number of anilines is 1. The number of carbonyl (C=O) groups excluding carboxylic acids is 2. The molecule has 9 heteroatoms. The highest BCUT2D eigenvalue weighted by atomic mass is 127. The first-order chi connectivity index (χ1) is 13.1. The Morgan fingerprint density at radius 2 is 1.79 bits per heavy atom. The zero-order valence-electron chi connectivity index (χ0n) is 16.1. The van der Waals surface area contributed by atoms with Gasteiger partial charge in [0.1, 0.15) is 0 Å². The van der Waals surface area contributed by atoms with Gasteiger partial charge in [-0.3, -0.25) is 14.6 Å². The Hall–Kier alpha value is -1.55. The van der Waals surface area contributed by atoms with Crippen LogP contribution in [0.1, 0.15) is 32.6 Å². The minimum absolute atomic E-state index is 0. The molecular formula is C19H29ClIN5O2. The summed E-state index contributed by atoms with van der Waals surface area (Å²) >= 11 is 5.82. The van der Waals surface area contributed by atoms with Crippen LogP contribution in [-0.4, -0.2) is 44.0 Å². The molecule has 1 aliphatic rings. The van der Waals surface area contributed by atoms with E-state index in [4.69, 9.17) is 11.6 Å². The number of aliphatic imine (C=N–C) groups is 1. The highest BCUT2D eigenvalue weighted by molar-refractivity contribution is 14.0. The molecule has 28 heavy (non-hydrogen) atoms. The zero-order valence-corrected chi connectivity index (χ0v) is 19.2. The minimum atomic E-state index is -0.0479. The van der Waals surface area contributed by atoms with Crippen molar-refractivity contribution in [1.82, 2.24) is 16.0 Å². The summed E-state index contributed by atoms with van der Waals surface area (Å²) in [6.07, 6.45) is 3.06. The highest BCUT2D eigenvalue weighted by Crippen LogP contribution is 2.28. The predicted octanol–water partition coefficient (Wildman–Crippen LogP) is 2.76. The Bertz CT molecular complexity index is 650. The molecule has 0 atom stereocenters. The molecule has 1 aromatic rings. The topological polar surface area (TPSA) is 94.6 Å². The third-order valence-corrected chi connectivity index (χ3v) is 4.22. The van der Waals surface area contributed by atoms with Crippen LogP contribution in [-0.2, 0) is 9.59 Å². The second-order valence-electron chi connectivity index (χ2n) is 6.41. The molecule has 1 saturated carbocycles. The summed E-state index contributed by atoms with van der Waals surface area (Å²) in [6, 6.07) is 7.02. The zero-order chi connectivity index (χ0) is 19.5. The van der Waals surface area contributed by atoms with E-state index >= 15 is 0 Å². The van der Waals surface area contributed by atoms with Crippen molar-refractivity contribution < 1.29 is 9.59 Å². The van der Waals surface area contributed by atoms with Crippen molar-refractivity contribution in [1.29, 1.82) is 0 Å². The van der Waals surface area contributed by atoms with E-state index < -0.39 is 0 Å². The van der Waals surface area contributed by atoms with Crippen molar-refractivity contribution in [3.8, 4) is 0 Å². The molecule has 156 valence electrons. The van der Waals surface area contributed by atoms with Crippen molar-refractivity contribution >= 4 is 59.0 Å². The van der Waals surface area contributed by atoms with Gasteiger partial charge in [0.2, 0.25) is 11.8 Å². The first-order valence-electron chi connectivity index (χ1n) is 9.43. The molecule has 1 aliphatic carbocycles. The summed E-state index contributed by atoms with van der Waals surface area (Å²) < 4.78 is 0. The third kappa shape index (κ3) is 10.1. The van der Waals surface area contributed by atoms with E-state index in [0.29, 0.717) is 43.5 Å². The number of amides is 2. The number of hydrogen-bond donors (Lipinski definition) is 4. The number of halogens is 2. The molecule has 0 radical (unpaired) electrons. The van der Waals surface area contributed by atoms with Crippen molar-refractivity contribution in [2.45, 2.75) is 32.6 Å². The average molecular weight is 522 g/mol. The van der Waals surface area contributed by atoms with Gasteiger partial charge in [-0.2, -0.15) is 0 Å². The first-order valence-corrected chi connectivity index (χ1v) is 9.81. The molecule has 0 spiro atoms. The minimum Gasteiger partial charge on any atom is -0.357 e. The second kappa shape index (κ2) is 13.6. The van der Waals surface area contributed by atoms with Gasteiger partial charge >= 0.3 is 0 Å².